The highest BCUT2D eigenvalue weighted by Gasteiger charge is 2.21. The summed E-state index contributed by atoms with van der Waals surface area (Å²) in [5, 5.41) is 0. The minimum atomic E-state index is 0.257. The largest absolute Gasteiger partial charge is 0.392 e. The van der Waals surface area contributed by atoms with Crippen LogP contribution in [0, 0.1) is 0 Å². The molecule has 0 saturated carbocycles. The van der Waals surface area contributed by atoms with Crippen LogP contribution in [-0.2, 0) is 0 Å². The molecule has 0 amide bonds. The third kappa shape index (κ3) is 4.36. The van der Waals surface area contributed by atoms with Crippen LogP contribution >= 0.6 is 12.2 Å². The monoisotopic (exact) mass is 243 g/mol. The summed E-state index contributed by atoms with van der Waals surface area (Å²) in [5.41, 5.74) is 5.68. The van der Waals surface area contributed by atoms with E-state index >= 15 is 0 Å². The normalized spacial score (nSPS) is 20.9. The minimum Gasteiger partial charge on any atom is -0.392 e. The molecule has 1 rings (SSSR count). The molecule has 0 radical (unpaired) electrons. The molecule has 1 fully saturated rings. The van der Waals surface area contributed by atoms with Crippen molar-refractivity contribution < 1.29 is 0 Å². The van der Waals surface area contributed by atoms with Crippen LogP contribution in [0.1, 0.15) is 33.1 Å². The van der Waals surface area contributed by atoms with Gasteiger partial charge >= 0.3 is 0 Å². The summed E-state index contributed by atoms with van der Waals surface area (Å²) in [6.07, 6.45) is 3.99. The van der Waals surface area contributed by atoms with E-state index in [1.54, 1.807) is 0 Å². The molecule has 1 atom stereocenters. The van der Waals surface area contributed by atoms with Crippen molar-refractivity contribution in [3.8, 4) is 0 Å². The van der Waals surface area contributed by atoms with E-state index in [0.29, 0.717) is 4.99 Å². The molecule has 1 aliphatic heterocycles. The van der Waals surface area contributed by atoms with E-state index in [1.165, 1.54) is 25.8 Å². The Hall–Kier alpha value is -0.190. The molecule has 1 saturated heterocycles. The van der Waals surface area contributed by atoms with E-state index in [2.05, 4.69) is 23.6 Å². The number of rotatable bonds is 6. The van der Waals surface area contributed by atoms with Gasteiger partial charge in [-0.1, -0.05) is 32.0 Å². The zero-order valence-electron chi connectivity index (χ0n) is 10.6. The fraction of sp³-hybridized carbons (Fsp3) is 0.917. The summed E-state index contributed by atoms with van der Waals surface area (Å²) in [5.74, 6) is 0. The van der Waals surface area contributed by atoms with Crippen LogP contribution < -0.4 is 5.73 Å². The summed E-state index contributed by atoms with van der Waals surface area (Å²) < 4.78 is 0. The topological polar surface area (TPSA) is 32.5 Å². The fourth-order valence-electron chi connectivity index (χ4n) is 2.14. The molecule has 16 heavy (non-hydrogen) atoms. The van der Waals surface area contributed by atoms with Crippen LogP contribution in [0.15, 0.2) is 0 Å². The third-order valence-corrected chi connectivity index (χ3v) is 3.79. The summed E-state index contributed by atoms with van der Waals surface area (Å²) in [4.78, 5) is 5.57. The smallest absolute Gasteiger partial charge is 0.0899 e. The predicted molar refractivity (Wildman–Crippen MR) is 73.8 cm³/mol. The summed E-state index contributed by atoms with van der Waals surface area (Å²) in [6.45, 7) is 10.1. The third-order valence-electron chi connectivity index (χ3n) is 3.44. The Kier molecular flexibility index (Phi) is 6.24. The zero-order chi connectivity index (χ0) is 12.0. The van der Waals surface area contributed by atoms with Gasteiger partial charge in [-0.3, -0.25) is 4.90 Å². The maximum atomic E-state index is 5.68. The van der Waals surface area contributed by atoms with Crippen molar-refractivity contribution in [1.82, 2.24) is 9.80 Å². The van der Waals surface area contributed by atoms with Gasteiger partial charge in [0.25, 0.3) is 0 Å². The van der Waals surface area contributed by atoms with Crippen molar-refractivity contribution in [2.24, 2.45) is 5.73 Å². The van der Waals surface area contributed by atoms with E-state index in [1.807, 2.05) is 0 Å². The quantitative estimate of drug-likeness (QED) is 0.566. The molecule has 4 heteroatoms. The lowest BCUT2D eigenvalue weighted by atomic mass is 10.2. The van der Waals surface area contributed by atoms with Gasteiger partial charge in [-0.15, -0.1) is 0 Å². The second kappa shape index (κ2) is 7.20. The highest BCUT2D eigenvalue weighted by molar-refractivity contribution is 7.80. The van der Waals surface area contributed by atoms with Crippen molar-refractivity contribution in [2.45, 2.75) is 39.2 Å². The van der Waals surface area contributed by atoms with E-state index < -0.39 is 0 Å². The molecule has 1 heterocycles. The van der Waals surface area contributed by atoms with E-state index in [4.69, 9.17) is 18.0 Å². The van der Waals surface area contributed by atoms with E-state index in [0.717, 1.165) is 26.2 Å². The predicted octanol–water partition coefficient (Wildman–Crippen LogP) is 1.47. The number of unbranched alkanes of at least 4 members (excludes halogenated alkanes) is 2. The van der Waals surface area contributed by atoms with Crippen molar-refractivity contribution >= 4 is 17.2 Å². The van der Waals surface area contributed by atoms with Crippen LogP contribution in [0.5, 0.6) is 0 Å². The van der Waals surface area contributed by atoms with Crippen LogP contribution in [0.25, 0.3) is 0 Å². The molecule has 2 N–H and O–H groups in total. The van der Waals surface area contributed by atoms with Gasteiger partial charge in [-0.25, -0.2) is 0 Å². The Balaban J connectivity index is 2.20. The first-order valence-corrected chi connectivity index (χ1v) is 6.81. The molecule has 94 valence electrons. The average molecular weight is 243 g/mol. The number of piperazine rings is 1. The van der Waals surface area contributed by atoms with Gasteiger partial charge in [0.1, 0.15) is 0 Å². The lowest BCUT2D eigenvalue weighted by Crippen LogP contribution is -2.52. The van der Waals surface area contributed by atoms with Crippen LogP contribution in [-0.4, -0.2) is 53.6 Å². The van der Waals surface area contributed by atoms with E-state index in [9.17, 15) is 0 Å². The summed E-state index contributed by atoms with van der Waals surface area (Å²) in [6, 6.07) is 0.257. The van der Waals surface area contributed by atoms with Crippen molar-refractivity contribution in [3.05, 3.63) is 0 Å². The highest BCUT2D eigenvalue weighted by Crippen LogP contribution is 2.08. The molecular weight excluding hydrogens is 218 g/mol. The van der Waals surface area contributed by atoms with Gasteiger partial charge in [-0.05, 0) is 19.9 Å². The Morgan fingerprint density at radius 3 is 2.38 bits per heavy atom. The molecule has 0 aromatic rings. The van der Waals surface area contributed by atoms with Crippen LogP contribution in [0.4, 0.5) is 0 Å². The van der Waals surface area contributed by atoms with Crippen LogP contribution in [0.3, 0.4) is 0 Å². The Bertz CT molecular complexity index is 212. The lowest BCUT2D eigenvalue weighted by Gasteiger charge is -2.37. The molecule has 0 aliphatic carbocycles. The number of hydrogen-bond acceptors (Lipinski definition) is 3. The molecule has 0 aromatic carbocycles. The summed E-state index contributed by atoms with van der Waals surface area (Å²) >= 11 is 5.04. The molecule has 0 aromatic heterocycles. The highest BCUT2D eigenvalue weighted by atomic mass is 32.1. The van der Waals surface area contributed by atoms with Crippen molar-refractivity contribution in [2.75, 3.05) is 32.7 Å². The average Bonchev–Trinajstić information content (AvgIpc) is 2.29. The Labute approximate surface area is 105 Å². The maximum Gasteiger partial charge on any atom is 0.0899 e. The van der Waals surface area contributed by atoms with Gasteiger partial charge in [-0.2, -0.15) is 0 Å². The lowest BCUT2D eigenvalue weighted by molar-refractivity contribution is 0.121. The van der Waals surface area contributed by atoms with Crippen molar-refractivity contribution in [1.29, 1.82) is 0 Å². The minimum absolute atomic E-state index is 0.257. The fourth-order valence-corrected chi connectivity index (χ4v) is 2.29. The molecule has 3 nitrogen and oxygen atoms in total. The standard InChI is InChI=1S/C12H25N3S/c1-3-4-5-6-14-7-9-15(10-8-14)11(2)12(13)16/h11H,3-10H2,1-2H3,(H2,13,16). The van der Waals surface area contributed by atoms with Gasteiger partial charge in [0, 0.05) is 26.2 Å². The van der Waals surface area contributed by atoms with Gasteiger partial charge < -0.3 is 10.6 Å². The SMILES string of the molecule is CCCCCN1CCN(C(C)C(N)=S)CC1. The number of nitrogens with zero attached hydrogens (tertiary/aromatic N) is 2. The number of thiocarbonyl (C=S) groups is 1. The van der Waals surface area contributed by atoms with E-state index in [-0.39, 0.29) is 6.04 Å². The second-order valence-electron chi connectivity index (χ2n) is 4.66. The number of hydrogen-bond donors (Lipinski definition) is 1. The molecule has 1 aliphatic rings. The number of nitrogens with two attached hydrogens (primary N) is 1. The molecule has 0 bridgehead atoms. The van der Waals surface area contributed by atoms with Crippen LogP contribution in [0.2, 0.25) is 0 Å². The van der Waals surface area contributed by atoms with Crippen molar-refractivity contribution in [3.63, 3.8) is 0 Å². The molecular formula is C12H25N3S. The summed E-state index contributed by atoms with van der Waals surface area (Å²) in [7, 11) is 0. The van der Waals surface area contributed by atoms with Gasteiger partial charge in [0.15, 0.2) is 0 Å². The maximum absolute atomic E-state index is 5.68. The van der Waals surface area contributed by atoms with Gasteiger partial charge in [0.2, 0.25) is 0 Å². The first-order chi connectivity index (χ1) is 7.65. The Morgan fingerprint density at radius 2 is 1.88 bits per heavy atom. The second-order valence-corrected chi connectivity index (χ2v) is 5.13. The van der Waals surface area contributed by atoms with Gasteiger partial charge in [0.05, 0.1) is 11.0 Å². The molecule has 0 spiro atoms. The molecule has 1 unspecified atom stereocenters. The first-order valence-electron chi connectivity index (χ1n) is 6.41. The zero-order valence-corrected chi connectivity index (χ0v) is 11.4. The Morgan fingerprint density at radius 1 is 1.25 bits per heavy atom. The first kappa shape index (κ1) is 13.9.